The Morgan fingerprint density at radius 2 is 2.00 bits per heavy atom. The normalized spacial score (nSPS) is 24.8. The molecular weight excluding hydrogens is 382 g/mol. The highest BCUT2D eigenvalue weighted by Crippen LogP contribution is 2.52. The fourth-order valence-electron chi connectivity index (χ4n) is 5.52. The first-order chi connectivity index (χ1) is 14.1. The van der Waals surface area contributed by atoms with Gasteiger partial charge in [0.05, 0.1) is 17.3 Å². The maximum Gasteiger partial charge on any atom is 0.306 e. The van der Waals surface area contributed by atoms with E-state index in [2.05, 4.69) is 30.7 Å². The Bertz CT molecular complexity index is 1040. The van der Waals surface area contributed by atoms with Gasteiger partial charge in [-0.3, -0.25) is 14.4 Å². The number of carbonyl (C=O) groups excluding carboxylic acids is 2. The van der Waals surface area contributed by atoms with E-state index in [0.29, 0.717) is 16.7 Å². The average Bonchev–Trinajstić information content (AvgIpc) is 2.93. The van der Waals surface area contributed by atoms with Crippen LogP contribution in [0.5, 0.6) is 0 Å². The van der Waals surface area contributed by atoms with E-state index < -0.39 is 5.97 Å². The molecule has 2 aliphatic rings. The molecule has 2 atom stereocenters. The van der Waals surface area contributed by atoms with Crippen LogP contribution in [0.15, 0.2) is 29.1 Å². The van der Waals surface area contributed by atoms with Crippen molar-refractivity contribution in [2.75, 3.05) is 13.2 Å². The van der Waals surface area contributed by atoms with Gasteiger partial charge in [0.15, 0.2) is 6.61 Å². The largest absolute Gasteiger partial charge is 0.456 e. The Balaban J connectivity index is 1.30. The molecule has 7 heteroatoms. The topological polar surface area (TPSA) is 92.4 Å². The first-order valence-corrected chi connectivity index (χ1v) is 10.6. The van der Waals surface area contributed by atoms with Crippen molar-refractivity contribution in [1.29, 1.82) is 0 Å². The monoisotopic (exact) mass is 411 g/mol. The summed E-state index contributed by atoms with van der Waals surface area (Å²) in [7, 11) is 0. The van der Waals surface area contributed by atoms with E-state index in [1.807, 2.05) is 11.0 Å². The summed E-state index contributed by atoms with van der Waals surface area (Å²) < 4.78 is 5.24. The van der Waals surface area contributed by atoms with Gasteiger partial charge in [-0.05, 0) is 42.2 Å². The quantitative estimate of drug-likeness (QED) is 0.764. The molecule has 1 saturated carbocycles. The molecule has 2 bridgehead atoms. The maximum absolute atomic E-state index is 12.7. The zero-order chi connectivity index (χ0) is 21.5. The summed E-state index contributed by atoms with van der Waals surface area (Å²) in [5.74, 6) is -0.148. The summed E-state index contributed by atoms with van der Waals surface area (Å²) in [6.45, 7) is 7.28. The lowest BCUT2D eigenvalue weighted by atomic mass is 9.65. The molecule has 1 N–H and O–H groups in total. The minimum atomic E-state index is -0.465. The van der Waals surface area contributed by atoms with Crippen LogP contribution in [0.4, 0.5) is 0 Å². The summed E-state index contributed by atoms with van der Waals surface area (Å²) in [5.41, 5.74) is 0.749. The van der Waals surface area contributed by atoms with Crippen LogP contribution in [0.2, 0.25) is 0 Å². The number of ether oxygens (including phenoxy) is 1. The number of carbonyl (C=O) groups is 2. The first kappa shape index (κ1) is 20.6. The summed E-state index contributed by atoms with van der Waals surface area (Å²) in [4.78, 5) is 46.0. The zero-order valence-electron chi connectivity index (χ0n) is 17.9. The number of rotatable bonds is 5. The molecule has 1 aromatic heterocycles. The number of aromatic nitrogens is 2. The molecule has 160 valence electrons. The number of para-hydroxylation sites is 1. The van der Waals surface area contributed by atoms with Gasteiger partial charge in [-0.15, -0.1) is 0 Å². The number of amides is 1. The number of esters is 1. The molecule has 0 radical (unpaired) electrons. The van der Waals surface area contributed by atoms with Gasteiger partial charge in [0.25, 0.3) is 11.5 Å². The molecule has 1 saturated heterocycles. The van der Waals surface area contributed by atoms with E-state index in [9.17, 15) is 14.4 Å². The van der Waals surface area contributed by atoms with Gasteiger partial charge < -0.3 is 14.6 Å². The lowest BCUT2D eigenvalue weighted by molar-refractivity contribution is -0.152. The maximum atomic E-state index is 12.7. The van der Waals surface area contributed by atoms with Crippen LogP contribution in [0.3, 0.4) is 0 Å². The van der Waals surface area contributed by atoms with Crippen molar-refractivity contribution in [2.24, 2.45) is 10.8 Å². The van der Waals surface area contributed by atoms with E-state index in [1.54, 1.807) is 18.2 Å². The summed E-state index contributed by atoms with van der Waals surface area (Å²) in [5, 5.41) is 0.516. The number of fused-ring (bicyclic) bond motifs is 3. The number of hydrogen-bond acceptors (Lipinski definition) is 5. The highest BCUT2D eigenvalue weighted by Gasteiger charge is 2.50. The number of likely N-dealkylation sites (tertiary alicyclic amines) is 1. The Labute approximate surface area is 175 Å². The average molecular weight is 412 g/mol. The van der Waals surface area contributed by atoms with Crippen molar-refractivity contribution >= 4 is 22.8 Å². The second-order valence-corrected chi connectivity index (χ2v) is 9.93. The second kappa shape index (κ2) is 7.52. The summed E-state index contributed by atoms with van der Waals surface area (Å²) >= 11 is 0. The third kappa shape index (κ3) is 4.25. The number of aromatic amines is 1. The highest BCUT2D eigenvalue weighted by atomic mass is 16.5. The fourth-order valence-corrected chi connectivity index (χ4v) is 5.52. The molecule has 1 amide bonds. The standard InChI is InChI=1S/C23H29N3O4/c1-22(2)10-15-11-23(3,13-22)14-26(15)19(27)12-30-20(28)9-8-18-24-17-7-5-4-6-16(17)21(29)25-18/h4-7,15H,8-14H2,1-3H3,(H,24,25,29). The predicted molar refractivity (Wildman–Crippen MR) is 113 cm³/mol. The fraction of sp³-hybridized carbons (Fsp3) is 0.565. The van der Waals surface area contributed by atoms with Gasteiger partial charge in [-0.2, -0.15) is 0 Å². The number of hydrogen-bond donors (Lipinski definition) is 1. The van der Waals surface area contributed by atoms with Crippen LogP contribution in [0.1, 0.15) is 52.3 Å². The van der Waals surface area contributed by atoms with Crippen LogP contribution >= 0.6 is 0 Å². The van der Waals surface area contributed by atoms with Crippen molar-refractivity contribution in [3.05, 3.63) is 40.4 Å². The van der Waals surface area contributed by atoms with E-state index in [4.69, 9.17) is 4.74 Å². The molecule has 1 aliphatic carbocycles. The van der Waals surface area contributed by atoms with Crippen molar-refractivity contribution in [2.45, 2.75) is 58.9 Å². The molecule has 2 aromatic rings. The smallest absolute Gasteiger partial charge is 0.306 e. The Hall–Kier alpha value is -2.70. The van der Waals surface area contributed by atoms with Crippen LogP contribution in [-0.2, 0) is 20.7 Å². The van der Waals surface area contributed by atoms with Gasteiger partial charge >= 0.3 is 5.97 Å². The summed E-state index contributed by atoms with van der Waals surface area (Å²) in [6.07, 6.45) is 3.44. The van der Waals surface area contributed by atoms with E-state index in [1.165, 1.54) is 0 Å². The Morgan fingerprint density at radius 3 is 2.80 bits per heavy atom. The van der Waals surface area contributed by atoms with Crippen LogP contribution < -0.4 is 5.56 Å². The molecule has 7 nitrogen and oxygen atoms in total. The highest BCUT2D eigenvalue weighted by molar-refractivity contribution is 5.81. The van der Waals surface area contributed by atoms with E-state index >= 15 is 0 Å². The minimum absolute atomic E-state index is 0.0583. The van der Waals surface area contributed by atoms with Crippen molar-refractivity contribution in [3.63, 3.8) is 0 Å². The number of nitrogens with one attached hydrogen (secondary N) is 1. The van der Waals surface area contributed by atoms with E-state index in [-0.39, 0.29) is 47.8 Å². The lowest BCUT2D eigenvalue weighted by Crippen LogP contribution is -2.39. The molecule has 1 aliphatic heterocycles. The molecule has 2 heterocycles. The van der Waals surface area contributed by atoms with E-state index in [0.717, 1.165) is 25.8 Å². The van der Waals surface area contributed by atoms with Gasteiger partial charge in [-0.25, -0.2) is 4.98 Å². The molecular formula is C23H29N3O4. The number of nitrogens with zero attached hydrogens (tertiary/aromatic N) is 2. The predicted octanol–water partition coefficient (Wildman–Crippen LogP) is 2.83. The molecule has 2 fully saturated rings. The van der Waals surface area contributed by atoms with Gasteiger partial charge in [-0.1, -0.05) is 32.9 Å². The van der Waals surface area contributed by atoms with Crippen molar-refractivity contribution in [3.8, 4) is 0 Å². The Kier molecular flexibility index (Phi) is 5.16. The minimum Gasteiger partial charge on any atom is -0.456 e. The SMILES string of the molecule is CC1(C)CC2CC(C)(CN2C(=O)COC(=O)CCc2nc3ccccc3c(=O)[nH]2)C1. The Morgan fingerprint density at radius 1 is 1.23 bits per heavy atom. The lowest BCUT2D eigenvalue weighted by Gasteiger charge is -2.39. The van der Waals surface area contributed by atoms with Crippen LogP contribution in [-0.4, -0.2) is 45.9 Å². The number of aryl methyl sites for hydroxylation is 1. The van der Waals surface area contributed by atoms with Crippen LogP contribution in [0, 0.1) is 10.8 Å². The molecule has 4 rings (SSSR count). The van der Waals surface area contributed by atoms with Gasteiger partial charge in [0.2, 0.25) is 0 Å². The first-order valence-electron chi connectivity index (χ1n) is 10.6. The third-order valence-corrected chi connectivity index (χ3v) is 6.32. The number of benzene rings is 1. The molecule has 2 unspecified atom stereocenters. The molecule has 1 aromatic carbocycles. The zero-order valence-corrected chi connectivity index (χ0v) is 17.9. The number of H-pyrrole nitrogens is 1. The van der Waals surface area contributed by atoms with Gasteiger partial charge in [0, 0.05) is 19.0 Å². The van der Waals surface area contributed by atoms with Crippen molar-refractivity contribution < 1.29 is 14.3 Å². The van der Waals surface area contributed by atoms with Crippen LogP contribution in [0.25, 0.3) is 10.9 Å². The second-order valence-electron chi connectivity index (χ2n) is 9.93. The molecule has 0 spiro atoms. The molecule has 30 heavy (non-hydrogen) atoms. The third-order valence-electron chi connectivity index (χ3n) is 6.32. The van der Waals surface area contributed by atoms with Gasteiger partial charge in [0.1, 0.15) is 5.82 Å². The summed E-state index contributed by atoms with van der Waals surface area (Å²) in [6, 6.07) is 7.30. The van der Waals surface area contributed by atoms with Crippen molar-refractivity contribution in [1.82, 2.24) is 14.9 Å².